The number of nitrogens with two attached hydrogens (primary N) is 1. The van der Waals surface area contributed by atoms with Crippen LogP contribution in [0.25, 0.3) is 0 Å². The van der Waals surface area contributed by atoms with Gasteiger partial charge in [0.1, 0.15) is 5.00 Å². The first-order chi connectivity index (χ1) is 7.27. The second-order valence-corrected chi connectivity index (χ2v) is 3.61. The zero-order chi connectivity index (χ0) is 10.7. The van der Waals surface area contributed by atoms with Gasteiger partial charge in [-0.3, -0.25) is 4.79 Å². The lowest BCUT2D eigenvalue weighted by molar-refractivity contribution is 0.102. The average molecular weight is 220 g/mol. The lowest BCUT2D eigenvalue weighted by Crippen LogP contribution is -2.12. The third-order valence-electron chi connectivity index (χ3n) is 1.80. The van der Waals surface area contributed by atoms with Gasteiger partial charge in [-0.15, -0.1) is 5.10 Å². The summed E-state index contributed by atoms with van der Waals surface area (Å²) < 4.78 is 3.64. The topological polar surface area (TPSA) is 80.9 Å². The number of hydrogen-bond donors (Lipinski definition) is 2. The van der Waals surface area contributed by atoms with Crippen LogP contribution in [0.4, 0.5) is 10.7 Å². The molecule has 0 saturated heterocycles. The number of hydrogen-bond acceptors (Lipinski definition) is 5. The highest BCUT2D eigenvalue weighted by Gasteiger charge is 2.09. The fraction of sp³-hybridized carbons (Fsp3) is 0. The predicted octanol–water partition coefficient (Wildman–Crippen LogP) is 1.37. The van der Waals surface area contributed by atoms with E-state index >= 15 is 0 Å². The molecule has 1 heterocycles. The molecular weight excluding hydrogens is 212 g/mol. The van der Waals surface area contributed by atoms with Gasteiger partial charge in [-0.2, -0.15) is 0 Å². The number of carbonyl (C=O) groups is 1. The summed E-state index contributed by atoms with van der Waals surface area (Å²) in [5, 5.41) is 6.87. The number of nitrogen functional groups attached to an aromatic ring is 1. The van der Waals surface area contributed by atoms with Crippen molar-refractivity contribution in [2.45, 2.75) is 0 Å². The molecule has 0 radical (unpaired) electrons. The molecule has 6 heteroatoms. The van der Waals surface area contributed by atoms with E-state index in [1.54, 1.807) is 24.3 Å². The minimum atomic E-state index is -0.251. The summed E-state index contributed by atoms with van der Waals surface area (Å²) in [4.78, 5) is 11.7. The molecule has 15 heavy (non-hydrogen) atoms. The van der Waals surface area contributed by atoms with E-state index in [2.05, 4.69) is 14.9 Å². The summed E-state index contributed by atoms with van der Waals surface area (Å²) in [5.41, 5.74) is 6.56. The molecule has 3 N–H and O–H groups in total. The quantitative estimate of drug-likeness (QED) is 0.749. The van der Waals surface area contributed by atoms with Crippen LogP contribution in [-0.4, -0.2) is 15.5 Å². The SMILES string of the molecule is Nc1ccccc1C(=O)Nc1cnns1. The van der Waals surface area contributed by atoms with Crippen LogP contribution in [0, 0.1) is 0 Å². The highest BCUT2D eigenvalue weighted by atomic mass is 32.1. The monoisotopic (exact) mass is 220 g/mol. The Bertz CT molecular complexity index is 469. The fourth-order valence-corrected chi connectivity index (χ4v) is 1.52. The Morgan fingerprint density at radius 2 is 2.20 bits per heavy atom. The van der Waals surface area contributed by atoms with Gasteiger partial charge in [-0.1, -0.05) is 16.6 Å². The molecule has 2 aromatic rings. The summed E-state index contributed by atoms with van der Waals surface area (Å²) in [7, 11) is 0. The minimum absolute atomic E-state index is 0.251. The van der Waals surface area contributed by atoms with Crippen LogP contribution in [0.2, 0.25) is 0 Å². The molecule has 1 aromatic carbocycles. The van der Waals surface area contributed by atoms with Crippen LogP contribution in [0.15, 0.2) is 30.5 Å². The van der Waals surface area contributed by atoms with E-state index in [1.807, 2.05) is 0 Å². The minimum Gasteiger partial charge on any atom is -0.398 e. The zero-order valence-corrected chi connectivity index (χ0v) is 8.49. The van der Waals surface area contributed by atoms with Crippen molar-refractivity contribution in [3.05, 3.63) is 36.0 Å². The van der Waals surface area contributed by atoms with E-state index in [0.29, 0.717) is 16.3 Å². The van der Waals surface area contributed by atoms with Crippen molar-refractivity contribution >= 4 is 28.1 Å². The molecule has 76 valence electrons. The third-order valence-corrected chi connectivity index (χ3v) is 2.38. The lowest BCUT2D eigenvalue weighted by Gasteiger charge is -2.03. The lowest BCUT2D eigenvalue weighted by atomic mass is 10.2. The maximum Gasteiger partial charge on any atom is 0.258 e. The Labute approximate surface area is 90.1 Å². The number of nitrogens with one attached hydrogen (secondary N) is 1. The van der Waals surface area contributed by atoms with Gasteiger partial charge in [0.25, 0.3) is 5.91 Å². The predicted molar refractivity (Wildman–Crippen MR) is 58.7 cm³/mol. The molecule has 0 atom stereocenters. The molecular formula is C9H8N4OS. The van der Waals surface area contributed by atoms with Crippen molar-refractivity contribution in [1.82, 2.24) is 9.59 Å². The maximum absolute atomic E-state index is 11.7. The van der Waals surface area contributed by atoms with E-state index in [9.17, 15) is 4.79 Å². The highest BCUT2D eigenvalue weighted by molar-refractivity contribution is 7.10. The van der Waals surface area contributed by atoms with Crippen LogP contribution in [0.5, 0.6) is 0 Å². The summed E-state index contributed by atoms with van der Waals surface area (Å²) in [5.74, 6) is -0.251. The van der Waals surface area contributed by atoms with E-state index in [0.717, 1.165) is 11.5 Å². The maximum atomic E-state index is 11.7. The summed E-state index contributed by atoms with van der Waals surface area (Å²) >= 11 is 1.12. The Hall–Kier alpha value is -1.95. The number of anilines is 2. The molecule has 0 saturated carbocycles. The number of para-hydroxylation sites is 1. The van der Waals surface area contributed by atoms with E-state index < -0.39 is 0 Å². The van der Waals surface area contributed by atoms with Gasteiger partial charge in [0, 0.05) is 17.2 Å². The number of carbonyl (C=O) groups excluding carboxylic acids is 1. The van der Waals surface area contributed by atoms with E-state index in [1.165, 1.54) is 6.20 Å². The van der Waals surface area contributed by atoms with Crippen LogP contribution < -0.4 is 11.1 Å². The zero-order valence-electron chi connectivity index (χ0n) is 7.68. The number of rotatable bonds is 2. The molecule has 0 aliphatic rings. The van der Waals surface area contributed by atoms with Gasteiger partial charge >= 0.3 is 0 Å². The summed E-state index contributed by atoms with van der Waals surface area (Å²) in [6.45, 7) is 0. The van der Waals surface area contributed by atoms with Gasteiger partial charge in [0.15, 0.2) is 0 Å². The van der Waals surface area contributed by atoms with Crippen LogP contribution in [0.3, 0.4) is 0 Å². The van der Waals surface area contributed by atoms with Gasteiger partial charge in [0.2, 0.25) is 0 Å². The van der Waals surface area contributed by atoms with Crippen molar-refractivity contribution in [2.75, 3.05) is 11.1 Å². The Balaban J connectivity index is 2.19. The van der Waals surface area contributed by atoms with Crippen LogP contribution >= 0.6 is 11.5 Å². The number of aromatic nitrogens is 2. The molecule has 1 amide bonds. The first kappa shape index (κ1) is 9.60. The number of benzene rings is 1. The summed E-state index contributed by atoms with van der Waals surface area (Å²) in [6.07, 6.45) is 1.49. The van der Waals surface area contributed by atoms with Crippen molar-refractivity contribution in [3.63, 3.8) is 0 Å². The largest absolute Gasteiger partial charge is 0.398 e. The van der Waals surface area contributed by atoms with Gasteiger partial charge in [-0.25, -0.2) is 0 Å². The number of amides is 1. The fourth-order valence-electron chi connectivity index (χ4n) is 1.11. The highest BCUT2D eigenvalue weighted by Crippen LogP contribution is 2.15. The van der Waals surface area contributed by atoms with Crippen molar-refractivity contribution in [1.29, 1.82) is 0 Å². The smallest absolute Gasteiger partial charge is 0.258 e. The van der Waals surface area contributed by atoms with Crippen molar-refractivity contribution in [2.24, 2.45) is 0 Å². The van der Waals surface area contributed by atoms with E-state index in [-0.39, 0.29) is 5.91 Å². The molecule has 0 spiro atoms. The van der Waals surface area contributed by atoms with Crippen molar-refractivity contribution < 1.29 is 4.79 Å². The third kappa shape index (κ3) is 2.10. The molecule has 5 nitrogen and oxygen atoms in total. The normalized spacial score (nSPS) is 9.87. The second kappa shape index (κ2) is 4.05. The summed E-state index contributed by atoms with van der Waals surface area (Å²) in [6, 6.07) is 6.88. The van der Waals surface area contributed by atoms with Gasteiger partial charge in [0.05, 0.1) is 11.8 Å². The van der Waals surface area contributed by atoms with Gasteiger partial charge in [-0.05, 0) is 12.1 Å². The number of nitrogens with zero attached hydrogens (tertiary/aromatic N) is 2. The molecule has 0 bridgehead atoms. The van der Waals surface area contributed by atoms with Crippen LogP contribution in [-0.2, 0) is 0 Å². The molecule has 0 aliphatic heterocycles. The molecule has 1 aromatic heterocycles. The van der Waals surface area contributed by atoms with Crippen molar-refractivity contribution in [3.8, 4) is 0 Å². The van der Waals surface area contributed by atoms with Gasteiger partial charge < -0.3 is 11.1 Å². The first-order valence-corrected chi connectivity index (χ1v) is 4.98. The Morgan fingerprint density at radius 3 is 2.87 bits per heavy atom. The molecule has 0 unspecified atom stereocenters. The Morgan fingerprint density at radius 1 is 1.40 bits per heavy atom. The molecule has 0 aliphatic carbocycles. The van der Waals surface area contributed by atoms with E-state index in [4.69, 9.17) is 5.73 Å². The first-order valence-electron chi connectivity index (χ1n) is 4.20. The standard InChI is InChI=1S/C9H8N4OS/c10-7-4-2-1-3-6(7)9(14)12-8-5-11-13-15-8/h1-5H,10H2,(H,12,14). The average Bonchev–Trinajstić information content (AvgIpc) is 2.71. The molecule has 2 rings (SSSR count). The molecule has 0 fully saturated rings. The Kier molecular flexibility index (Phi) is 2.59. The second-order valence-electron chi connectivity index (χ2n) is 2.82. The van der Waals surface area contributed by atoms with Crippen LogP contribution in [0.1, 0.15) is 10.4 Å².